The molecule has 116 valence electrons. The van der Waals surface area contributed by atoms with Gasteiger partial charge in [0.1, 0.15) is 0 Å². The van der Waals surface area contributed by atoms with Crippen molar-refractivity contribution in [3.05, 3.63) is 0 Å². The maximum Gasteiger partial charge on any atom is 0.309 e. The molecule has 1 aliphatic heterocycles. The average molecular weight is 284 g/mol. The number of carbonyl (C=O) groups is 2. The number of amides is 1. The Bertz CT molecular complexity index is 299. The Labute approximate surface area is 122 Å². The fourth-order valence-corrected chi connectivity index (χ4v) is 2.45. The van der Waals surface area contributed by atoms with Gasteiger partial charge in [-0.15, -0.1) is 0 Å². The van der Waals surface area contributed by atoms with Gasteiger partial charge in [0.2, 0.25) is 5.91 Å². The van der Waals surface area contributed by atoms with Crippen molar-refractivity contribution in [1.82, 2.24) is 10.2 Å². The lowest BCUT2D eigenvalue weighted by molar-refractivity contribution is -0.149. The van der Waals surface area contributed by atoms with Gasteiger partial charge >= 0.3 is 5.97 Å². The summed E-state index contributed by atoms with van der Waals surface area (Å²) in [4.78, 5) is 25.5. The van der Waals surface area contributed by atoms with E-state index >= 15 is 0 Å². The first-order chi connectivity index (χ1) is 9.67. The molecule has 1 amide bonds. The SMILES string of the molecule is CCCCCNC(=O)CN1CCC(C(=O)OCC)CC1. The molecule has 0 aromatic carbocycles. The summed E-state index contributed by atoms with van der Waals surface area (Å²) in [5.74, 6) is 0.0191. The first-order valence-electron chi connectivity index (χ1n) is 7.83. The van der Waals surface area contributed by atoms with Gasteiger partial charge in [0.15, 0.2) is 0 Å². The van der Waals surface area contributed by atoms with Crippen LogP contribution in [0.1, 0.15) is 46.0 Å². The van der Waals surface area contributed by atoms with Crippen LogP contribution in [-0.4, -0.2) is 49.6 Å². The molecule has 1 N–H and O–H groups in total. The van der Waals surface area contributed by atoms with Crippen molar-refractivity contribution in [2.24, 2.45) is 5.92 Å². The fraction of sp³-hybridized carbons (Fsp3) is 0.867. The molecule has 5 heteroatoms. The van der Waals surface area contributed by atoms with Crippen molar-refractivity contribution in [2.45, 2.75) is 46.0 Å². The molecule has 0 radical (unpaired) electrons. The van der Waals surface area contributed by atoms with Crippen LogP contribution in [0.25, 0.3) is 0 Å². The number of carbonyl (C=O) groups excluding carboxylic acids is 2. The Hall–Kier alpha value is -1.10. The number of nitrogens with one attached hydrogen (secondary N) is 1. The lowest BCUT2D eigenvalue weighted by Gasteiger charge is -2.30. The van der Waals surface area contributed by atoms with E-state index in [-0.39, 0.29) is 17.8 Å². The van der Waals surface area contributed by atoms with Crippen LogP contribution in [0.2, 0.25) is 0 Å². The molecule has 20 heavy (non-hydrogen) atoms. The Kier molecular flexibility index (Phi) is 8.26. The second kappa shape index (κ2) is 9.75. The normalized spacial score (nSPS) is 16.9. The minimum atomic E-state index is -0.0869. The molecule has 1 heterocycles. The summed E-state index contributed by atoms with van der Waals surface area (Å²) < 4.78 is 5.04. The summed E-state index contributed by atoms with van der Waals surface area (Å²) in [6.07, 6.45) is 4.96. The zero-order valence-corrected chi connectivity index (χ0v) is 12.8. The summed E-state index contributed by atoms with van der Waals surface area (Å²) in [6, 6.07) is 0. The number of ether oxygens (including phenoxy) is 1. The van der Waals surface area contributed by atoms with Crippen LogP contribution in [0, 0.1) is 5.92 Å². The summed E-state index contributed by atoms with van der Waals surface area (Å²) >= 11 is 0. The van der Waals surface area contributed by atoms with Gasteiger partial charge in [-0.2, -0.15) is 0 Å². The minimum absolute atomic E-state index is 0.0128. The molecule has 0 aromatic heterocycles. The van der Waals surface area contributed by atoms with E-state index in [1.165, 1.54) is 0 Å². The summed E-state index contributed by atoms with van der Waals surface area (Å²) in [5.41, 5.74) is 0. The Morgan fingerprint density at radius 3 is 2.50 bits per heavy atom. The Morgan fingerprint density at radius 2 is 1.90 bits per heavy atom. The third-order valence-corrected chi connectivity index (χ3v) is 3.68. The van der Waals surface area contributed by atoms with Crippen LogP contribution in [0.15, 0.2) is 0 Å². The van der Waals surface area contributed by atoms with Crippen molar-refractivity contribution in [2.75, 3.05) is 32.8 Å². The van der Waals surface area contributed by atoms with Gasteiger partial charge in [0, 0.05) is 6.54 Å². The second-order valence-corrected chi connectivity index (χ2v) is 5.36. The molecule has 1 aliphatic rings. The zero-order valence-electron chi connectivity index (χ0n) is 12.8. The quantitative estimate of drug-likeness (QED) is 0.543. The fourth-order valence-electron chi connectivity index (χ4n) is 2.45. The maximum absolute atomic E-state index is 11.7. The van der Waals surface area contributed by atoms with Crippen molar-refractivity contribution in [3.8, 4) is 0 Å². The van der Waals surface area contributed by atoms with E-state index in [1.54, 1.807) is 0 Å². The molecule has 1 fully saturated rings. The van der Waals surface area contributed by atoms with E-state index in [9.17, 15) is 9.59 Å². The van der Waals surface area contributed by atoms with Crippen molar-refractivity contribution in [3.63, 3.8) is 0 Å². The molecule has 0 aromatic rings. The van der Waals surface area contributed by atoms with Crippen LogP contribution in [0.4, 0.5) is 0 Å². The number of hydrogen-bond acceptors (Lipinski definition) is 4. The third-order valence-electron chi connectivity index (χ3n) is 3.68. The molecular weight excluding hydrogens is 256 g/mol. The van der Waals surface area contributed by atoms with Crippen molar-refractivity contribution >= 4 is 11.9 Å². The lowest BCUT2D eigenvalue weighted by atomic mass is 9.97. The number of hydrogen-bond donors (Lipinski definition) is 1. The van der Waals surface area contributed by atoms with Gasteiger partial charge in [-0.05, 0) is 39.3 Å². The molecule has 0 unspecified atom stereocenters. The molecule has 1 rings (SSSR count). The lowest BCUT2D eigenvalue weighted by Crippen LogP contribution is -2.43. The summed E-state index contributed by atoms with van der Waals surface area (Å²) in [7, 11) is 0. The summed E-state index contributed by atoms with van der Waals surface area (Å²) in [6.45, 7) is 7.23. The number of likely N-dealkylation sites (tertiary alicyclic amines) is 1. The molecule has 5 nitrogen and oxygen atoms in total. The highest BCUT2D eigenvalue weighted by Gasteiger charge is 2.26. The highest BCUT2D eigenvalue weighted by Crippen LogP contribution is 2.18. The topological polar surface area (TPSA) is 58.6 Å². The molecule has 0 aliphatic carbocycles. The van der Waals surface area contributed by atoms with Crippen LogP contribution in [-0.2, 0) is 14.3 Å². The van der Waals surface area contributed by atoms with Gasteiger partial charge in [0.25, 0.3) is 0 Å². The summed E-state index contributed by atoms with van der Waals surface area (Å²) in [5, 5.41) is 2.95. The first-order valence-corrected chi connectivity index (χ1v) is 7.83. The van der Waals surface area contributed by atoms with Crippen LogP contribution >= 0.6 is 0 Å². The number of esters is 1. The zero-order chi connectivity index (χ0) is 14.8. The van der Waals surface area contributed by atoms with E-state index in [0.717, 1.165) is 51.7 Å². The van der Waals surface area contributed by atoms with E-state index < -0.39 is 0 Å². The standard InChI is InChI=1S/C15H28N2O3/c1-3-5-6-9-16-14(18)12-17-10-7-13(8-11-17)15(19)20-4-2/h13H,3-12H2,1-2H3,(H,16,18). The highest BCUT2D eigenvalue weighted by molar-refractivity contribution is 5.78. The van der Waals surface area contributed by atoms with Crippen LogP contribution < -0.4 is 5.32 Å². The van der Waals surface area contributed by atoms with Gasteiger partial charge < -0.3 is 10.1 Å². The number of unbranched alkanes of at least 4 members (excludes halogenated alkanes) is 2. The van der Waals surface area contributed by atoms with E-state index in [2.05, 4.69) is 17.1 Å². The molecule has 0 bridgehead atoms. The predicted octanol–water partition coefficient (Wildman–Crippen LogP) is 1.57. The largest absolute Gasteiger partial charge is 0.466 e. The molecule has 1 saturated heterocycles. The Morgan fingerprint density at radius 1 is 1.20 bits per heavy atom. The number of nitrogens with zero attached hydrogens (tertiary/aromatic N) is 1. The van der Waals surface area contributed by atoms with E-state index in [0.29, 0.717) is 13.2 Å². The highest BCUT2D eigenvalue weighted by atomic mass is 16.5. The van der Waals surface area contributed by atoms with Gasteiger partial charge in [-0.25, -0.2) is 0 Å². The Balaban J connectivity index is 2.15. The van der Waals surface area contributed by atoms with Crippen molar-refractivity contribution < 1.29 is 14.3 Å². The maximum atomic E-state index is 11.7. The molecule has 0 spiro atoms. The van der Waals surface area contributed by atoms with Crippen LogP contribution in [0.3, 0.4) is 0 Å². The van der Waals surface area contributed by atoms with Crippen molar-refractivity contribution in [1.29, 1.82) is 0 Å². The van der Waals surface area contributed by atoms with Gasteiger partial charge in [-0.1, -0.05) is 19.8 Å². The second-order valence-electron chi connectivity index (χ2n) is 5.36. The number of rotatable bonds is 8. The monoisotopic (exact) mass is 284 g/mol. The predicted molar refractivity (Wildman–Crippen MR) is 78.3 cm³/mol. The smallest absolute Gasteiger partial charge is 0.309 e. The van der Waals surface area contributed by atoms with Gasteiger partial charge in [-0.3, -0.25) is 14.5 Å². The minimum Gasteiger partial charge on any atom is -0.466 e. The van der Waals surface area contributed by atoms with Crippen LogP contribution in [0.5, 0.6) is 0 Å². The molecular formula is C15H28N2O3. The van der Waals surface area contributed by atoms with E-state index in [1.807, 2.05) is 6.92 Å². The first kappa shape index (κ1) is 17.0. The molecule has 0 saturated carbocycles. The molecule has 0 atom stereocenters. The van der Waals surface area contributed by atoms with Gasteiger partial charge in [0.05, 0.1) is 19.1 Å². The number of piperidine rings is 1. The van der Waals surface area contributed by atoms with E-state index in [4.69, 9.17) is 4.74 Å². The average Bonchev–Trinajstić information content (AvgIpc) is 2.45. The third kappa shape index (κ3) is 6.37.